The van der Waals surface area contributed by atoms with Crippen LogP contribution < -0.4 is 10.6 Å². The Balaban J connectivity index is 1.64. The second-order valence-corrected chi connectivity index (χ2v) is 6.63. The fourth-order valence-electron chi connectivity index (χ4n) is 2.29. The molecule has 6 heteroatoms. The number of thiophene rings is 1. The molecule has 25 heavy (non-hydrogen) atoms. The van der Waals surface area contributed by atoms with Gasteiger partial charge in [-0.2, -0.15) is 0 Å². The molecule has 0 unspecified atom stereocenters. The Bertz CT molecular complexity index is 1000. The lowest BCUT2D eigenvalue weighted by Gasteiger charge is -2.07. The molecule has 0 bridgehead atoms. The van der Waals surface area contributed by atoms with Gasteiger partial charge < -0.3 is 10.6 Å². The molecular weight excluding hydrogens is 356 g/mol. The van der Waals surface area contributed by atoms with Crippen molar-refractivity contribution in [1.29, 1.82) is 0 Å². The number of terminal acetylenes is 1. The summed E-state index contributed by atoms with van der Waals surface area (Å²) in [6.07, 6.45) is 5.33. The molecule has 0 saturated heterocycles. The van der Waals surface area contributed by atoms with Crippen LogP contribution in [0.4, 0.5) is 5.69 Å². The zero-order chi connectivity index (χ0) is 17.8. The molecule has 4 nitrogen and oxygen atoms in total. The van der Waals surface area contributed by atoms with Crippen molar-refractivity contribution in [2.24, 2.45) is 0 Å². The van der Waals surface area contributed by atoms with E-state index in [0.717, 1.165) is 10.1 Å². The van der Waals surface area contributed by atoms with E-state index in [-0.39, 0.29) is 18.4 Å². The van der Waals surface area contributed by atoms with Crippen LogP contribution in [-0.4, -0.2) is 18.4 Å². The molecule has 124 valence electrons. The maximum atomic E-state index is 12.3. The van der Waals surface area contributed by atoms with Gasteiger partial charge in [-0.1, -0.05) is 41.8 Å². The van der Waals surface area contributed by atoms with Gasteiger partial charge in [-0.15, -0.1) is 17.8 Å². The lowest BCUT2D eigenvalue weighted by Crippen LogP contribution is -2.32. The Morgan fingerprint density at radius 3 is 2.72 bits per heavy atom. The number of hydrogen-bond donors (Lipinski definition) is 2. The third kappa shape index (κ3) is 3.82. The van der Waals surface area contributed by atoms with Gasteiger partial charge in [0.25, 0.3) is 5.91 Å². The molecule has 0 aliphatic carbocycles. The van der Waals surface area contributed by atoms with Gasteiger partial charge in [-0.3, -0.25) is 9.59 Å². The smallest absolute Gasteiger partial charge is 0.263 e. The van der Waals surface area contributed by atoms with Crippen molar-refractivity contribution in [3.63, 3.8) is 0 Å². The lowest BCUT2D eigenvalue weighted by atomic mass is 10.2. The van der Waals surface area contributed by atoms with E-state index in [4.69, 9.17) is 18.0 Å². The van der Waals surface area contributed by atoms with E-state index >= 15 is 0 Å². The molecule has 0 aliphatic heterocycles. The molecule has 0 aliphatic rings. The van der Waals surface area contributed by atoms with Crippen LogP contribution in [0.15, 0.2) is 48.5 Å². The van der Waals surface area contributed by atoms with Crippen molar-refractivity contribution < 1.29 is 9.59 Å². The Morgan fingerprint density at radius 1 is 1.16 bits per heavy atom. The Kier molecular flexibility index (Phi) is 5.03. The van der Waals surface area contributed by atoms with E-state index in [1.54, 1.807) is 24.3 Å². The van der Waals surface area contributed by atoms with Gasteiger partial charge in [-0.05, 0) is 24.3 Å². The second kappa shape index (κ2) is 7.39. The van der Waals surface area contributed by atoms with Gasteiger partial charge in [0.05, 0.1) is 11.6 Å². The molecule has 0 saturated carbocycles. The standard InChI is InChI=1S/C19H13ClN2O2S/c1-2-12-6-5-7-13(10-12)22-16(23)11-21-19(24)18-17(20)14-8-3-4-9-15(14)25-18/h1,3-10H,11H2,(H,21,24)(H,22,23). The monoisotopic (exact) mass is 368 g/mol. The SMILES string of the molecule is C#Cc1cccc(NC(=O)CNC(=O)c2sc3ccccc3c2Cl)c1. The molecule has 0 spiro atoms. The number of anilines is 1. The summed E-state index contributed by atoms with van der Waals surface area (Å²) >= 11 is 7.56. The van der Waals surface area contributed by atoms with Gasteiger partial charge in [0.1, 0.15) is 4.88 Å². The lowest BCUT2D eigenvalue weighted by molar-refractivity contribution is -0.115. The number of amides is 2. The number of hydrogen-bond acceptors (Lipinski definition) is 3. The topological polar surface area (TPSA) is 58.2 Å². The number of fused-ring (bicyclic) bond motifs is 1. The Hall–Kier alpha value is -2.81. The molecule has 3 aromatic rings. The molecule has 2 aromatic carbocycles. The molecule has 0 atom stereocenters. The zero-order valence-corrected chi connectivity index (χ0v) is 14.6. The van der Waals surface area contributed by atoms with Crippen molar-refractivity contribution >= 4 is 50.5 Å². The highest BCUT2D eigenvalue weighted by Crippen LogP contribution is 2.34. The van der Waals surface area contributed by atoms with Gasteiger partial charge in [0.15, 0.2) is 0 Å². The van der Waals surface area contributed by atoms with E-state index in [9.17, 15) is 9.59 Å². The van der Waals surface area contributed by atoms with E-state index < -0.39 is 0 Å². The summed E-state index contributed by atoms with van der Waals surface area (Å²) in [5.74, 6) is 1.77. The molecule has 0 radical (unpaired) electrons. The van der Waals surface area contributed by atoms with E-state index in [1.165, 1.54) is 11.3 Å². The second-order valence-electron chi connectivity index (χ2n) is 5.20. The molecule has 2 N–H and O–H groups in total. The highest BCUT2D eigenvalue weighted by Gasteiger charge is 2.17. The minimum absolute atomic E-state index is 0.163. The average molecular weight is 369 g/mol. The summed E-state index contributed by atoms with van der Waals surface area (Å²) in [5, 5.41) is 6.50. The minimum atomic E-state index is -0.376. The number of carbonyl (C=O) groups is 2. The van der Waals surface area contributed by atoms with Gasteiger partial charge >= 0.3 is 0 Å². The normalized spacial score (nSPS) is 10.2. The molecule has 2 amide bonds. The quantitative estimate of drug-likeness (QED) is 0.686. The van der Waals surface area contributed by atoms with Crippen LogP contribution in [0, 0.1) is 12.3 Å². The summed E-state index contributed by atoms with van der Waals surface area (Å²) in [5.41, 5.74) is 1.24. The van der Waals surface area contributed by atoms with Gasteiger partial charge in [-0.25, -0.2) is 0 Å². The fraction of sp³-hybridized carbons (Fsp3) is 0.0526. The zero-order valence-electron chi connectivity index (χ0n) is 13.0. The summed E-state index contributed by atoms with van der Waals surface area (Å²) in [7, 11) is 0. The van der Waals surface area contributed by atoms with Crippen LogP contribution in [0.1, 0.15) is 15.2 Å². The predicted octanol–water partition coefficient (Wildman–Crippen LogP) is 3.90. The minimum Gasteiger partial charge on any atom is -0.342 e. The van der Waals surface area contributed by atoms with Crippen molar-refractivity contribution in [2.45, 2.75) is 0 Å². The number of halogens is 1. The highest BCUT2D eigenvalue weighted by atomic mass is 35.5. The molecule has 3 rings (SSSR count). The van der Waals surface area contributed by atoms with Crippen LogP contribution in [-0.2, 0) is 4.79 Å². The first-order valence-electron chi connectivity index (χ1n) is 7.40. The van der Waals surface area contributed by atoms with Crippen LogP contribution >= 0.6 is 22.9 Å². The summed E-state index contributed by atoms with van der Waals surface area (Å²) in [4.78, 5) is 24.7. The van der Waals surface area contributed by atoms with Crippen LogP contribution in [0.3, 0.4) is 0 Å². The molecule has 0 fully saturated rings. The van der Waals surface area contributed by atoms with Crippen LogP contribution in [0.25, 0.3) is 10.1 Å². The van der Waals surface area contributed by atoms with Crippen molar-refractivity contribution in [3.05, 3.63) is 64.0 Å². The van der Waals surface area contributed by atoms with Gasteiger partial charge in [0.2, 0.25) is 5.91 Å². The van der Waals surface area contributed by atoms with E-state index in [1.807, 2.05) is 24.3 Å². The first kappa shape index (κ1) is 17.0. The number of benzene rings is 2. The van der Waals surface area contributed by atoms with Crippen molar-refractivity contribution in [3.8, 4) is 12.3 Å². The van der Waals surface area contributed by atoms with Crippen molar-refractivity contribution in [2.75, 3.05) is 11.9 Å². The molecule has 1 heterocycles. The van der Waals surface area contributed by atoms with Gasteiger partial charge in [0, 0.05) is 21.3 Å². The average Bonchev–Trinajstić information content (AvgIpc) is 2.97. The van der Waals surface area contributed by atoms with Crippen molar-refractivity contribution in [1.82, 2.24) is 5.32 Å². The van der Waals surface area contributed by atoms with Crippen LogP contribution in [0.2, 0.25) is 5.02 Å². The van der Waals surface area contributed by atoms with E-state index in [2.05, 4.69) is 16.6 Å². The first-order valence-corrected chi connectivity index (χ1v) is 8.59. The summed E-state index contributed by atoms with van der Waals surface area (Å²) in [6, 6.07) is 14.4. The molecule has 1 aromatic heterocycles. The number of carbonyl (C=O) groups excluding carboxylic acids is 2. The first-order chi connectivity index (χ1) is 12.1. The summed E-state index contributed by atoms with van der Waals surface area (Å²) < 4.78 is 0.924. The largest absolute Gasteiger partial charge is 0.342 e. The maximum absolute atomic E-state index is 12.3. The Morgan fingerprint density at radius 2 is 1.96 bits per heavy atom. The maximum Gasteiger partial charge on any atom is 0.263 e. The number of rotatable bonds is 4. The highest BCUT2D eigenvalue weighted by molar-refractivity contribution is 7.21. The van der Waals surface area contributed by atoms with E-state index in [0.29, 0.717) is 21.2 Å². The fourth-order valence-corrected chi connectivity index (χ4v) is 3.73. The predicted molar refractivity (Wildman–Crippen MR) is 102 cm³/mol. The Labute approximate surface area is 153 Å². The van der Waals surface area contributed by atoms with Crippen LogP contribution in [0.5, 0.6) is 0 Å². The molecular formula is C19H13ClN2O2S. The number of nitrogens with one attached hydrogen (secondary N) is 2. The summed E-state index contributed by atoms with van der Waals surface area (Å²) in [6.45, 7) is -0.163. The third-order valence-corrected chi connectivity index (χ3v) is 5.14. The third-order valence-electron chi connectivity index (χ3n) is 3.46.